The molecule has 0 aromatic heterocycles. The van der Waals surface area contributed by atoms with E-state index in [1.54, 1.807) is 19.1 Å². The molecule has 2 aromatic carbocycles. The lowest BCUT2D eigenvalue weighted by Gasteiger charge is -2.10. The first-order chi connectivity index (χ1) is 8.95. The molecule has 0 amide bonds. The van der Waals surface area contributed by atoms with Crippen LogP contribution >= 0.6 is 23.2 Å². The van der Waals surface area contributed by atoms with E-state index in [0.717, 1.165) is 0 Å². The number of benzene rings is 2. The van der Waals surface area contributed by atoms with Gasteiger partial charge in [0.05, 0.1) is 6.10 Å². The first kappa shape index (κ1) is 14.1. The number of hydrogen-bond donors (Lipinski definition) is 1. The molecule has 0 radical (unpaired) electrons. The third kappa shape index (κ3) is 3.60. The lowest BCUT2D eigenvalue weighted by Crippen LogP contribution is -1.94. The summed E-state index contributed by atoms with van der Waals surface area (Å²) in [6, 6.07) is 8.90. The summed E-state index contributed by atoms with van der Waals surface area (Å²) in [5.41, 5.74) is 0.481. The summed E-state index contributed by atoms with van der Waals surface area (Å²) >= 11 is 11.7. The van der Waals surface area contributed by atoms with Gasteiger partial charge in [-0.3, -0.25) is 0 Å². The van der Waals surface area contributed by atoms with E-state index >= 15 is 0 Å². The van der Waals surface area contributed by atoms with Gasteiger partial charge in [0.2, 0.25) is 0 Å². The third-order valence-electron chi connectivity index (χ3n) is 2.50. The molecular weight excluding hydrogens is 290 g/mol. The fraction of sp³-hybridized carbons (Fsp3) is 0.143. The van der Waals surface area contributed by atoms with Crippen LogP contribution in [0.3, 0.4) is 0 Å². The van der Waals surface area contributed by atoms with Crippen molar-refractivity contribution in [3.63, 3.8) is 0 Å². The van der Waals surface area contributed by atoms with E-state index in [9.17, 15) is 9.50 Å². The third-order valence-corrected chi connectivity index (χ3v) is 2.94. The van der Waals surface area contributed by atoms with Crippen molar-refractivity contribution >= 4 is 23.2 Å². The molecule has 19 heavy (non-hydrogen) atoms. The van der Waals surface area contributed by atoms with Crippen molar-refractivity contribution in [2.45, 2.75) is 13.0 Å². The van der Waals surface area contributed by atoms with Crippen molar-refractivity contribution in [1.82, 2.24) is 0 Å². The topological polar surface area (TPSA) is 29.5 Å². The molecule has 2 nitrogen and oxygen atoms in total. The molecule has 100 valence electrons. The molecule has 0 aliphatic rings. The van der Waals surface area contributed by atoms with Gasteiger partial charge in [-0.15, -0.1) is 0 Å². The quantitative estimate of drug-likeness (QED) is 0.866. The molecule has 0 spiro atoms. The molecule has 2 aromatic rings. The number of hydrogen-bond acceptors (Lipinski definition) is 2. The Morgan fingerprint density at radius 2 is 1.74 bits per heavy atom. The van der Waals surface area contributed by atoms with Crippen molar-refractivity contribution in [3.8, 4) is 11.5 Å². The van der Waals surface area contributed by atoms with Crippen molar-refractivity contribution in [2.75, 3.05) is 0 Å². The van der Waals surface area contributed by atoms with Crippen molar-refractivity contribution in [2.24, 2.45) is 0 Å². The Morgan fingerprint density at radius 1 is 1.11 bits per heavy atom. The first-order valence-corrected chi connectivity index (χ1v) is 6.33. The van der Waals surface area contributed by atoms with Gasteiger partial charge in [0, 0.05) is 10.0 Å². The molecule has 0 unspecified atom stereocenters. The normalized spacial score (nSPS) is 12.3. The summed E-state index contributed by atoms with van der Waals surface area (Å²) in [5, 5.41) is 10.2. The Bertz CT molecular complexity index is 580. The van der Waals surface area contributed by atoms with Gasteiger partial charge in [-0.2, -0.15) is 0 Å². The van der Waals surface area contributed by atoms with Crippen molar-refractivity contribution in [3.05, 3.63) is 57.8 Å². The SMILES string of the molecule is C[C@H](O)c1ccc(Oc2cc(Cl)cc(Cl)c2)c(F)c1. The van der Waals surface area contributed by atoms with Crippen molar-refractivity contribution < 1.29 is 14.2 Å². The number of aliphatic hydroxyl groups excluding tert-OH is 1. The molecule has 1 atom stereocenters. The average molecular weight is 301 g/mol. The second-order valence-electron chi connectivity index (χ2n) is 4.07. The van der Waals surface area contributed by atoms with Crippen molar-refractivity contribution in [1.29, 1.82) is 0 Å². The van der Waals surface area contributed by atoms with Gasteiger partial charge in [0.1, 0.15) is 5.75 Å². The molecule has 0 aliphatic heterocycles. The van der Waals surface area contributed by atoms with Gasteiger partial charge < -0.3 is 9.84 Å². The van der Waals surface area contributed by atoms with Crippen LogP contribution in [0.2, 0.25) is 10.0 Å². The summed E-state index contributed by atoms with van der Waals surface area (Å²) in [5.74, 6) is -0.168. The number of halogens is 3. The van der Waals surface area contributed by atoms with Gasteiger partial charge >= 0.3 is 0 Å². The zero-order valence-corrected chi connectivity index (χ0v) is 11.5. The molecular formula is C14H11Cl2FO2. The van der Waals surface area contributed by atoms with Crippen LogP contribution in [0.25, 0.3) is 0 Å². The summed E-state index contributed by atoms with van der Waals surface area (Å²) in [7, 11) is 0. The van der Waals surface area contributed by atoms with Crippen LogP contribution in [0.4, 0.5) is 4.39 Å². The molecule has 0 heterocycles. The maximum absolute atomic E-state index is 13.8. The Kier molecular flexibility index (Phi) is 4.30. The Morgan fingerprint density at radius 3 is 2.26 bits per heavy atom. The van der Waals surface area contributed by atoms with E-state index in [4.69, 9.17) is 27.9 Å². The van der Waals surface area contributed by atoms with Gasteiger partial charge in [-0.05, 0) is 42.8 Å². The van der Waals surface area contributed by atoms with Gasteiger partial charge in [-0.1, -0.05) is 29.3 Å². The monoisotopic (exact) mass is 300 g/mol. The number of ether oxygens (including phenoxy) is 1. The van der Waals surface area contributed by atoms with Gasteiger partial charge in [-0.25, -0.2) is 4.39 Å². The fourth-order valence-corrected chi connectivity index (χ4v) is 2.08. The van der Waals surface area contributed by atoms with E-state index in [2.05, 4.69) is 0 Å². The first-order valence-electron chi connectivity index (χ1n) is 5.57. The largest absolute Gasteiger partial charge is 0.454 e. The predicted molar refractivity (Wildman–Crippen MR) is 73.6 cm³/mol. The Labute approximate surface area is 120 Å². The molecule has 1 N–H and O–H groups in total. The standard InChI is InChI=1S/C14H11Cl2FO2/c1-8(18)9-2-3-14(13(17)4-9)19-12-6-10(15)5-11(16)7-12/h2-8,18H,1H3/t8-/m0/s1. The second kappa shape index (κ2) is 5.78. The molecule has 0 bridgehead atoms. The summed E-state index contributed by atoms with van der Waals surface area (Å²) in [4.78, 5) is 0. The lowest BCUT2D eigenvalue weighted by molar-refractivity contribution is 0.198. The van der Waals surface area contributed by atoms with Crippen LogP contribution in [0.15, 0.2) is 36.4 Å². The van der Waals surface area contributed by atoms with E-state index < -0.39 is 11.9 Å². The van der Waals surface area contributed by atoms with Crippen LogP contribution < -0.4 is 4.74 Å². The fourth-order valence-electron chi connectivity index (χ4n) is 1.57. The number of aliphatic hydroxyl groups is 1. The minimum Gasteiger partial charge on any atom is -0.454 e. The maximum Gasteiger partial charge on any atom is 0.166 e. The molecule has 0 aliphatic carbocycles. The average Bonchev–Trinajstić information content (AvgIpc) is 2.30. The van der Waals surface area contributed by atoms with E-state index in [0.29, 0.717) is 21.4 Å². The van der Waals surface area contributed by atoms with Gasteiger partial charge in [0.15, 0.2) is 11.6 Å². The highest BCUT2D eigenvalue weighted by Gasteiger charge is 2.09. The highest BCUT2D eigenvalue weighted by atomic mass is 35.5. The summed E-state index contributed by atoms with van der Waals surface area (Å²) in [6.45, 7) is 1.56. The van der Waals surface area contributed by atoms with Crippen LogP contribution in [-0.4, -0.2) is 5.11 Å². The summed E-state index contributed by atoms with van der Waals surface area (Å²) < 4.78 is 19.2. The minimum absolute atomic E-state index is 0.0442. The highest BCUT2D eigenvalue weighted by Crippen LogP contribution is 2.30. The van der Waals surface area contributed by atoms with Crippen LogP contribution in [0.5, 0.6) is 11.5 Å². The minimum atomic E-state index is -0.732. The second-order valence-corrected chi connectivity index (χ2v) is 4.95. The maximum atomic E-state index is 13.8. The summed E-state index contributed by atoms with van der Waals surface area (Å²) in [6.07, 6.45) is -0.732. The van der Waals surface area contributed by atoms with E-state index in [1.807, 2.05) is 0 Å². The number of rotatable bonds is 3. The van der Waals surface area contributed by atoms with Crippen LogP contribution in [-0.2, 0) is 0 Å². The highest BCUT2D eigenvalue weighted by molar-refractivity contribution is 6.34. The molecule has 5 heteroatoms. The van der Waals surface area contributed by atoms with Crippen LogP contribution in [0, 0.1) is 5.82 Å². The molecule has 0 saturated heterocycles. The predicted octanol–water partition coefficient (Wildman–Crippen LogP) is 4.98. The smallest absolute Gasteiger partial charge is 0.166 e. The zero-order valence-electron chi connectivity index (χ0n) is 10.0. The molecule has 0 fully saturated rings. The van der Waals surface area contributed by atoms with Gasteiger partial charge in [0.25, 0.3) is 0 Å². The Hall–Kier alpha value is -1.29. The zero-order chi connectivity index (χ0) is 14.0. The molecule has 0 saturated carbocycles. The Balaban J connectivity index is 2.28. The molecule has 2 rings (SSSR count). The van der Waals surface area contributed by atoms with E-state index in [1.165, 1.54) is 24.3 Å². The van der Waals surface area contributed by atoms with Crippen LogP contribution in [0.1, 0.15) is 18.6 Å². The lowest BCUT2D eigenvalue weighted by atomic mass is 10.1. The van der Waals surface area contributed by atoms with E-state index in [-0.39, 0.29) is 5.75 Å².